The molecule has 5 heteroatoms. The van der Waals surface area contributed by atoms with E-state index < -0.39 is 0 Å². The predicted octanol–water partition coefficient (Wildman–Crippen LogP) is 5.04. The van der Waals surface area contributed by atoms with E-state index in [2.05, 4.69) is 39.6 Å². The first kappa shape index (κ1) is 12.7. The van der Waals surface area contributed by atoms with Gasteiger partial charge in [0, 0.05) is 20.4 Å². The molecule has 1 aromatic heterocycles. The van der Waals surface area contributed by atoms with Crippen molar-refractivity contribution >= 4 is 44.6 Å². The molecule has 1 unspecified atom stereocenters. The average molecular weight is 333 g/mol. The molecule has 2 nitrogen and oxygen atoms in total. The summed E-state index contributed by atoms with van der Waals surface area (Å²) in [5, 5.41) is 15.1. The first-order valence-corrected chi connectivity index (χ1v) is 7.10. The lowest BCUT2D eigenvalue weighted by molar-refractivity contribution is 0.475. The molecular formula is C12H11BrClNOS. The van der Waals surface area contributed by atoms with E-state index in [4.69, 9.17) is 11.6 Å². The smallest absolute Gasteiger partial charge is 0.134 e. The highest BCUT2D eigenvalue weighted by molar-refractivity contribution is 9.10. The number of rotatable bonds is 3. The van der Waals surface area contributed by atoms with Gasteiger partial charge >= 0.3 is 0 Å². The Bertz CT molecular complexity index is 529. The summed E-state index contributed by atoms with van der Waals surface area (Å²) in [7, 11) is 0. The number of phenols is 1. The van der Waals surface area contributed by atoms with Crippen molar-refractivity contribution in [2.24, 2.45) is 0 Å². The quantitative estimate of drug-likeness (QED) is 0.772. The third kappa shape index (κ3) is 3.15. The SMILES string of the molecule is CC(Nc1ccc(O)c(Cl)c1)c1cc(Br)cs1. The predicted molar refractivity (Wildman–Crippen MR) is 77.2 cm³/mol. The summed E-state index contributed by atoms with van der Waals surface area (Å²) in [5.41, 5.74) is 0.893. The van der Waals surface area contributed by atoms with Gasteiger partial charge in [0.05, 0.1) is 11.1 Å². The lowest BCUT2D eigenvalue weighted by atomic mass is 10.2. The van der Waals surface area contributed by atoms with Crippen LogP contribution < -0.4 is 5.32 Å². The Balaban J connectivity index is 2.12. The number of hydrogen-bond donors (Lipinski definition) is 2. The van der Waals surface area contributed by atoms with Gasteiger partial charge in [-0.2, -0.15) is 0 Å². The van der Waals surface area contributed by atoms with Crippen LogP contribution in [0.3, 0.4) is 0 Å². The number of aromatic hydroxyl groups is 1. The van der Waals surface area contributed by atoms with Crippen LogP contribution in [0.4, 0.5) is 5.69 Å². The second-order valence-electron chi connectivity index (χ2n) is 3.70. The second-order valence-corrected chi connectivity index (χ2v) is 5.97. The van der Waals surface area contributed by atoms with Gasteiger partial charge in [0.2, 0.25) is 0 Å². The van der Waals surface area contributed by atoms with E-state index >= 15 is 0 Å². The van der Waals surface area contributed by atoms with E-state index in [-0.39, 0.29) is 11.8 Å². The molecule has 0 radical (unpaired) electrons. The zero-order valence-electron chi connectivity index (χ0n) is 9.08. The topological polar surface area (TPSA) is 32.3 Å². The molecule has 90 valence electrons. The molecule has 1 aromatic carbocycles. The maximum atomic E-state index is 9.33. The minimum atomic E-state index is 0.101. The summed E-state index contributed by atoms with van der Waals surface area (Å²) in [6, 6.07) is 7.40. The highest BCUT2D eigenvalue weighted by Gasteiger charge is 2.08. The zero-order valence-corrected chi connectivity index (χ0v) is 12.2. The second kappa shape index (κ2) is 5.29. The van der Waals surface area contributed by atoms with Crippen molar-refractivity contribution in [3.05, 3.63) is 44.0 Å². The molecular weight excluding hydrogens is 322 g/mol. The van der Waals surface area contributed by atoms with Crippen LogP contribution in [0.5, 0.6) is 5.75 Å². The van der Waals surface area contributed by atoms with Crippen LogP contribution in [0.25, 0.3) is 0 Å². The van der Waals surface area contributed by atoms with Crippen molar-refractivity contribution < 1.29 is 5.11 Å². The fraction of sp³-hybridized carbons (Fsp3) is 0.167. The molecule has 1 heterocycles. The molecule has 0 aliphatic rings. The van der Waals surface area contributed by atoms with Crippen LogP contribution >= 0.6 is 38.9 Å². The Morgan fingerprint density at radius 1 is 1.41 bits per heavy atom. The van der Waals surface area contributed by atoms with Crippen molar-refractivity contribution in [1.82, 2.24) is 0 Å². The lowest BCUT2D eigenvalue weighted by Gasteiger charge is -2.14. The van der Waals surface area contributed by atoms with E-state index in [0.29, 0.717) is 5.02 Å². The monoisotopic (exact) mass is 331 g/mol. The Kier molecular flexibility index (Phi) is 3.97. The first-order valence-electron chi connectivity index (χ1n) is 5.05. The van der Waals surface area contributed by atoms with Gasteiger partial charge in [-0.15, -0.1) is 11.3 Å². The molecule has 0 aliphatic heterocycles. The molecule has 2 rings (SSSR count). The van der Waals surface area contributed by atoms with Crippen LogP contribution in [0.15, 0.2) is 34.1 Å². The van der Waals surface area contributed by atoms with E-state index in [9.17, 15) is 5.11 Å². The van der Waals surface area contributed by atoms with E-state index in [0.717, 1.165) is 10.2 Å². The van der Waals surface area contributed by atoms with Gasteiger partial charge in [-0.1, -0.05) is 11.6 Å². The van der Waals surface area contributed by atoms with Gasteiger partial charge in [-0.05, 0) is 47.1 Å². The Morgan fingerprint density at radius 3 is 2.76 bits per heavy atom. The van der Waals surface area contributed by atoms with Gasteiger partial charge in [-0.25, -0.2) is 0 Å². The largest absolute Gasteiger partial charge is 0.506 e. The summed E-state index contributed by atoms with van der Waals surface area (Å²) in [4.78, 5) is 1.24. The van der Waals surface area contributed by atoms with Gasteiger partial charge < -0.3 is 10.4 Å². The van der Waals surface area contributed by atoms with Gasteiger partial charge in [0.1, 0.15) is 5.75 Å². The van der Waals surface area contributed by atoms with Gasteiger partial charge in [0.15, 0.2) is 0 Å². The van der Waals surface area contributed by atoms with Crippen molar-refractivity contribution in [2.75, 3.05) is 5.32 Å². The van der Waals surface area contributed by atoms with Crippen LogP contribution in [-0.4, -0.2) is 5.11 Å². The number of benzene rings is 1. The number of halogens is 2. The summed E-state index contributed by atoms with van der Waals surface area (Å²) >= 11 is 11.0. The van der Waals surface area contributed by atoms with Crippen LogP contribution in [0.2, 0.25) is 5.02 Å². The zero-order chi connectivity index (χ0) is 12.4. The van der Waals surface area contributed by atoms with Crippen molar-refractivity contribution in [3.63, 3.8) is 0 Å². The van der Waals surface area contributed by atoms with E-state index in [1.807, 2.05) is 0 Å². The van der Waals surface area contributed by atoms with Crippen molar-refractivity contribution in [1.29, 1.82) is 0 Å². The molecule has 0 amide bonds. The van der Waals surface area contributed by atoms with E-state index in [1.54, 1.807) is 29.5 Å². The number of hydrogen-bond acceptors (Lipinski definition) is 3. The highest BCUT2D eigenvalue weighted by Crippen LogP contribution is 2.30. The third-order valence-electron chi connectivity index (χ3n) is 2.35. The van der Waals surface area contributed by atoms with Gasteiger partial charge in [0.25, 0.3) is 0 Å². The maximum absolute atomic E-state index is 9.33. The molecule has 1 atom stereocenters. The normalized spacial score (nSPS) is 12.4. The molecule has 17 heavy (non-hydrogen) atoms. The minimum Gasteiger partial charge on any atom is -0.506 e. The minimum absolute atomic E-state index is 0.101. The first-order chi connectivity index (χ1) is 8.06. The molecule has 0 aliphatic carbocycles. The summed E-state index contributed by atoms with van der Waals surface area (Å²) in [6.45, 7) is 2.08. The van der Waals surface area contributed by atoms with Crippen LogP contribution in [0.1, 0.15) is 17.8 Å². The molecule has 0 bridgehead atoms. The molecule has 0 fully saturated rings. The van der Waals surface area contributed by atoms with Crippen molar-refractivity contribution in [2.45, 2.75) is 13.0 Å². The Hall–Kier alpha value is -0.710. The molecule has 0 spiro atoms. The van der Waals surface area contributed by atoms with E-state index in [1.165, 1.54) is 4.88 Å². The highest BCUT2D eigenvalue weighted by atomic mass is 79.9. The third-order valence-corrected chi connectivity index (χ3v) is 4.52. The summed E-state index contributed by atoms with van der Waals surface area (Å²) < 4.78 is 1.09. The van der Waals surface area contributed by atoms with Crippen LogP contribution in [0, 0.1) is 0 Å². The Labute approximate surface area is 117 Å². The average Bonchev–Trinajstić information content (AvgIpc) is 2.70. The molecule has 2 aromatic rings. The fourth-order valence-corrected chi connectivity index (χ4v) is 3.11. The van der Waals surface area contributed by atoms with Crippen molar-refractivity contribution in [3.8, 4) is 5.75 Å². The number of anilines is 1. The number of phenolic OH excluding ortho intramolecular Hbond substituents is 1. The standard InChI is InChI=1S/C12H11BrClNOS/c1-7(12-4-8(13)6-17-12)15-9-2-3-11(16)10(14)5-9/h2-7,15-16H,1H3. The van der Waals surface area contributed by atoms with Gasteiger partial charge in [-0.3, -0.25) is 0 Å². The molecule has 0 saturated carbocycles. The molecule has 0 saturated heterocycles. The lowest BCUT2D eigenvalue weighted by Crippen LogP contribution is -2.04. The Morgan fingerprint density at radius 2 is 2.18 bits per heavy atom. The molecule has 2 N–H and O–H groups in total. The summed E-state index contributed by atoms with van der Waals surface area (Å²) in [6.07, 6.45) is 0. The fourth-order valence-electron chi connectivity index (χ4n) is 1.47. The maximum Gasteiger partial charge on any atom is 0.134 e. The summed E-state index contributed by atoms with van der Waals surface area (Å²) in [5.74, 6) is 0.101. The number of nitrogens with one attached hydrogen (secondary N) is 1. The number of thiophene rings is 1. The van der Waals surface area contributed by atoms with Crippen LogP contribution in [-0.2, 0) is 0 Å².